The average Bonchev–Trinajstić information content (AvgIpc) is 2.93. The van der Waals surface area contributed by atoms with Gasteiger partial charge in [0.25, 0.3) is 0 Å². The summed E-state index contributed by atoms with van der Waals surface area (Å²) in [6.07, 6.45) is 3.59. The minimum Gasteiger partial charge on any atom is -0.493 e. The van der Waals surface area contributed by atoms with E-state index in [-0.39, 0.29) is 11.5 Å². The number of aryl methyl sites for hydroxylation is 1. The fourth-order valence-corrected chi connectivity index (χ4v) is 1.85. The van der Waals surface area contributed by atoms with Crippen LogP contribution in [0.15, 0.2) is 30.6 Å². The second kappa shape index (κ2) is 6.92. The number of nitrogens with zero attached hydrogens (tertiary/aromatic N) is 2. The van der Waals surface area contributed by atoms with E-state index in [9.17, 15) is 8.78 Å². The molecular formula is C14H17F2N3O2. The molecule has 0 aliphatic carbocycles. The summed E-state index contributed by atoms with van der Waals surface area (Å²) in [7, 11) is 1.41. The Hall–Kier alpha value is -2.31. The topological polar surface area (TPSA) is 48.3 Å². The van der Waals surface area contributed by atoms with Crippen LogP contribution in [0, 0.1) is 0 Å². The molecule has 0 bridgehead atoms. The zero-order chi connectivity index (χ0) is 15.2. The number of aromatic nitrogens is 2. The monoisotopic (exact) mass is 297 g/mol. The summed E-state index contributed by atoms with van der Waals surface area (Å²) < 4.78 is 35.9. The molecule has 0 fully saturated rings. The lowest BCUT2D eigenvalue weighted by Gasteiger charge is -2.12. The van der Waals surface area contributed by atoms with Crippen molar-refractivity contribution in [2.45, 2.75) is 26.6 Å². The Labute approximate surface area is 121 Å². The summed E-state index contributed by atoms with van der Waals surface area (Å²) in [5, 5.41) is 7.31. The molecular weight excluding hydrogens is 280 g/mol. The standard InChI is InChI=1S/C14H17F2N3O2/c1-3-19-9-11(8-18-19)17-7-10-4-5-12(20-2)13(6-10)21-14(15)16/h4-6,8-9,14,17H,3,7H2,1-2H3. The number of anilines is 1. The summed E-state index contributed by atoms with van der Waals surface area (Å²) in [6.45, 7) is 0.369. The van der Waals surface area contributed by atoms with Gasteiger partial charge in [0, 0.05) is 19.3 Å². The van der Waals surface area contributed by atoms with Gasteiger partial charge in [0.1, 0.15) is 0 Å². The molecule has 0 atom stereocenters. The van der Waals surface area contributed by atoms with Crippen molar-refractivity contribution in [3.63, 3.8) is 0 Å². The van der Waals surface area contributed by atoms with E-state index in [1.54, 1.807) is 23.0 Å². The van der Waals surface area contributed by atoms with E-state index in [1.807, 2.05) is 13.1 Å². The van der Waals surface area contributed by atoms with Crippen LogP contribution in [0.3, 0.4) is 0 Å². The predicted octanol–water partition coefficient (Wildman–Crippen LogP) is 3.13. The summed E-state index contributed by atoms with van der Waals surface area (Å²) in [4.78, 5) is 0. The highest BCUT2D eigenvalue weighted by Gasteiger charge is 2.11. The molecule has 1 aromatic heterocycles. The van der Waals surface area contributed by atoms with E-state index in [0.29, 0.717) is 6.54 Å². The van der Waals surface area contributed by atoms with Crippen molar-refractivity contribution >= 4 is 5.69 Å². The Morgan fingerprint density at radius 2 is 2.14 bits per heavy atom. The minimum absolute atomic E-state index is 0.0241. The lowest BCUT2D eigenvalue weighted by Crippen LogP contribution is -2.05. The molecule has 0 saturated heterocycles. The SMILES string of the molecule is CCn1cc(NCc2ccc(OC)c(OC(F)F)c2)cn1. The van der Waals surface area contributed by atoms with Crippen LogP contribution in [-0.4, -0.2) is 23.5 Å². The molecule has 21 heavy (non-hydrogen) atoms. The molecule has 0 spiro atoms. The molecule has 7 heteroatoms. The molecule has 0 radical (unpaired) electrons. The highest BCUT2D eigenvalue weighted by molar-refractivity contribution is 5.45. The number of halogens is 2. The van der Waals surface area contributed by atoms with Crippen molar-refractivity contribution in [3.05, 3.63) is 36.2 Å². The first-order chi connectivity index (χ1) is 10.1. The van der Waals surface area contributed by atoms with E-state index >= 15 is 0 Å². The Bertz CT molecular complexity index is 587. The van der Waals surface area contributed by atoms with Crippen LogP contribution in [0.2, 0.25) is 0 Å². The maximum Gasteiger partial charge on any atom is 0.387 e. The number of alkyl halides is 2. The molecule has 0 saturated carbocycles. The Morgan fingerprint density at radius 1 is 1.33 bits per heavy atom. The highest BCUT2D eigenvalue weighted by atomic mass is 19.3. The van der Waals surface area contributed by atoms with E-state index < -0.39 is 6.61 Å². The number of rotatable bonds is 7. The maximum absolute atomic E-state index is 12.4. The molecule has 1 heterocycles. The molecule has 2 rings (SSSR count). The third kappa shape index (κ3) is 4.08. The first-order valence-corrected chi connectivity index (χ1v) is 6.50. The number of hydrogen-bond acceptors (Lipinski definition) is 4. The van der Waals surface area contributed by atoms with Crippen molar-refractivity contribution in [1.82, 2.24) is 9.78 Å². The van der Waals surface area contributed by atoms with Crippen molar-refractivity contribution in [2.75, 3.05) is 12.4 Å². The molecule has 0 aliphatic heterocycles. The number of benzene rings is 1. The number of methoxy groups -OCH3 is 1. The fraction of sp³-hybridized carbons (Fsp3) is 0.357. The van der Waals surface area contributed by atoms with Crippen LogP contribution in [0.1, 0.15) is 12.5 Å². The van der Waals surface area contributed by atoms with E-state index in [0.717, 1.165) is 17.8 Å². The molecule has 1 aromatic carbocycles. The number of hydrogen-bond donors (Lipinski definition) is 1. The van der Waals surface area contributed by atoms with Gasteiger partial charge >= 0.3 is 6.61 Å². The summed E-state index contributed by atoms with van der Waals surface area (Å²) >= 11 is 0. The zero-order valence-electron chi connectivity index (χ0n) is 11.8. The second-order valence-electron chi connectivity index (χ2n) is 4.30. The van der Waals surface area contributed by atoms with E-state index in [2.05, 4.69) is 15.2 Å². The van der Waals surface area contributed by atoms with Crippen molar-refractivity contribution in [3.8, 4) is 11.5 Å². The Morgan fingerprint density at radius 3 is 2.76 bits per heavy atom. The molecule has 5 nitrogen and oxygen atoms in total. The number of ether oxygens (including phenoxy) is 2. The van der Waals surface area contributed by atoms with Crippen molar-refractivity contribution in [2.24, 2.45) is 0 Å². The van der Waals surface area contributed by atoms with Crippen LogP contribution < -0.4 is 14.8 Å². The van der Waals surface area contributed by atoms with E-state index in [1.165, 1.54) is 13.2 Å². The van der Waals surface area contributed by atoms with Gasteiger partial charge < -0.3 is 14.8 Å². The van der Waals surface area contributed by atoms with Crippen LogP contribution >= 0.6 is 0 Å². The lowest BCUT2D eigenvalue weighted by molar-refractivity contribution is -0.0512. The first kappa shape index (κ1) is 15.1. The molecule has 0 unspecified atom stereocenters. The van der Waals surface area contributed by atoms with Crippen LogP contribution in [-0.2, 0) is 13.1 Å². The second-order valence-corrected chi connectivity index (χ2v) is 4.30. The van der Waals surface area contributed by atoms with Gasteiger partial charge in [0.2, 0.25) is 0 Å². The zero-order valence-corrected chi connectivity index (χ0v) is 11.8. The Balaban J connectivity index is 2.05. The van der Waals surface area contributed by atoms with Gasteiger partial charge in [-0.25, -0.2) is 0 Å². The third-order valence-corrected chi connectivity index (χ3v) is 2.90. The number of nitrogens with one attached hydrogen (secondary N) is 1. The van der Waals surface area contributed by atoms with Gasteiger partial charge in [-0.3, -0.25) is 4.68 Å². The van der Waals surface area contributed by atoms with Crippen LogP contribution in [0.25, 0.3) is 0 Å². The van der Waals surface area contributed by atoms with Crippen molar-refractivity contribution < 1.29 is 18.3 Å². The third-order valence-electron chi connectivity index (χ3n) is 2.90. The first-order valence-electron chi connectivity index (χ1n) is 6.50. The van der Waals surface area contributed by atoms with Crippen molar-refractivity contribution in [1.29, 1.82) is 0 Å². The molecule has 0 amide bonds. The maximum atomic E-state index is 12.4. The van der Waals surface area contributed by atoms with Gasteiger partial charge in [-0.1, -0.05) is 6.07 Å². The summed E-state index contributed by atoms with van der Waals surface area (Å²) in [5.74, 6) is 0.300. The van der Waals surface area contributed by atoms with Gasteiger partial charge in [-0.2, -0.15) is 13.9 Å². The molecule has 1 N–H and O–H groups in total. The fourth-order valence-electron chi connectivity index (χ4n) is 1.85. The quantitative estimate of drug-likeness (QED) is 0.853. The summed E-state index contributed by atoms with van der Waals surface area (Å²) in [5.41, 5.74) is 1.67. The summed E-state index contributed by atoms with van der Waals surface area (Å²) in [6, 6.07) is 4.92. The molecule has 0 aliphatic rings. The van der Waals surface area contributed by atoms with Gasteiger partial charge in [-0.15, -0.1) is 0 Å². The average molecular weight is 297 g/mol. The normalized spacial score (nSPS) is 10.7. The van der Waals surface area contributed by atoms with E-state index in [4.69, 9.17) is 4.74 Å². The minimum atomic E-state index is -2.88. The van der Waals surface area contributed by atoms with Crippen LogP contribution in [0.5, 0.6) is 11.5 Å². The predicted molar refractivity (Wildman–Crippen MR) is 74.9 cm³/mol. The Kier molecular flexibility index (Phi) is 4.97. The highest BCUT2D eigenvalue weighted by Crippen LogP contribution is 2.29. The lowest BCUT2D eigenvalue weighted by atomic mass is 10.2. The van der Waals surface area contributed by atoms with Gasteiger partial charge in [0.05, 0.1) is 19.0 Å². The van der Waals surface area contributed by atoms with Gasteiger partial charge in [0.15, 0.2) is 11.5 Å². The smallest absolute Gasteiger partial charge is 0.387 e. The molecule has 114 valence electrons. The van der Waals surface area contributed by atoms with Crippen LogP contribution in [0.4, 0.5) is 14.5 Å². The largest absolute Gasteiger partial charge is 0.493 e. The van der Waals surface area contributed by atoms with Gasteiger partial charge in [-0.05, 0) is 24.6 Å². The molecule has 2 aromatic rings.